The first kappa shape index (κ1) is 16.9. The van der Waals surface area contributed by atoms with Gasteiger partial charge >= 0.3 is 0 Å². The van der Waals surface area contributed by atoms with Crippen LogP contribution in [0.5, 0.6) is 0 Å². The summed E-state index contributed by atoms with van der Waals surface area (Å²) in [5, 5.41) is 18.5. The van der Waals surface area contributed by atoms with E-state index in [1.807, 2.05) is 0 Å². The van der Waals surface area contributed by atoms with E-state index in [4.69, 9.17) is 9.84 Å². The number of ether oxygens (including phenoxy) is 1. The molecule has 1 saturated heterocycles. The van der Waals surface area contributed by atoms with Gasteiger partial charge in [-0.15, -0.1) is 0 Å². The lowest BCUT2D eigenvalue weighted by molar-refractivity contribution is 0.0252. The van der Waals surface area contributed by atoms with E-state index in [2.05, 4.69) is 6.92 Å². The van der Waals surface area contributed by atoms with E-state index < -0.39 is 12.1 Å². The average Bonchev–Trinajstić information content (AvgIpc) is 2.99. The van der Waals surface area contributed by atoms with Crippen LogP contribution in [-0.2, 0) is 4.74 Å². The number of rotatable bonds is 13. The third-order valence-corrected chi connectivity index (χ3v) is 4.03. The van der Waals surface area contributed by atoms with Gasteiger partial charge in [0.05, 0.1) is 0 Å². The van der Waals surface area contributed by atoms with E-state index in [0.717, 1.165) is 12.8 Å². The highest BCUT2D eigenvalue weighted by molar-refractivity contribution is 4.83. The van der Waals surface area contributed by atoms with Crippen LogP contribution in [0, 0.1) is 0 Å². The standard InChI is InChI=1S/C16H32O3/c1-2-3-4-5-6-7-8-9-10-11-12-13-14-16(18)15(17)19-16/h15,17-18H,2-14H2,1H3. The number of aliphatic hydroxyl groups is 2. The lowest BCUT2D eigenvalue weighted by atomic mass is 10.0. The van der Waals surface area contributed by atoms with Gasteiger partial charge in [0.15, 0.2) is 0 Å². The third-order valence-electron chi connectivity index (χ3n) is 4.03. The Labute approximate surface area is 118 Å². The fourth-order valence-electron chi connectivity index (χ4n) is 2.56. The molecular formula is C16H32O3. The Bertz CT molecular complexity index is 220. The van der Waals surface area contributed by atoms with Gasteiger partial charge in [-0.3, -0.25) is 0 Å². The zero-order valence-electron chi connectivity index (χ0n) is 12.6. The Kier molecular flexibility index (Phi) is 8.67. The quantitative estimate of drug-likeness (QED) is 0.392. The molecular weight excluding hydrogens is 240 g/mol. The highest BCUT2D eigenvalue weighted by Crippen LogP contribution is 2.36. The Hall–Kier alpha value is -0.120. The van der Waals surface area contributed by atoms with E-state index in [-0.39, 0.29) is 0 Å². The van der Waals surface area contributed by atoms with E-state index >= 15 is 0 Å². The van der Waals surface area contributed by atoms with Gasteiger partial charge in [0.1, 0.15) is 0 Å². The van der Waals surface area contributed by atoms with Crippen LogP contribution < -0.4 is 0 Å². The average molecular weight is 272 g/mol. The number of hydrogen-bond acceptors (Lipinski definition) is 3. The highest BCUT2D eigenvalue weighted by Gasteiger charge is 2.53. The summed E-state index contributed by atoms with van der Waals surface area (Å²) in [6, 6.07) is 0. The van der Waals surface area contributed by atoms with Crippen molar-refractivity contribution in [2.75, 3.05) is 0 Å². The van der Waals surface area contributed by atoms with Gasteiger partial charge in [0, 0.05) is 6.42 Å². The number of unbranched alkanes of at least 4 members (excludes halogenated alkanes) is 11. The van der Waals surface area contributed by atoms with Crippen LogP contribution >= 0.6 is 0 Å². The molecule has 2 unspecified atom stereocenters. The van der Waals surface area contributed by atoms with Crippen molar-refractivity contribution >= 4 is 0 Å². The van der Waals surface area contributed by atoms with Crippen LogP contribution in [0.3, 0.4) is 0 Å². The molecule has 0 bridgehead atoms. The molecule has 19 heavy (non-hydrogen) atoms. The van der Waals surface area contributed by atoms with Crippen molar-refractivity contribution < 1.29 is 14.9 Å². The molecule has 0 aromatic rings. The Morgan fingerprint density at radius 1 is 0.789 bits per heavy atom. The fourth-order valence-corrected chi connectivity index (χ4v) is 2.56. The van der Waals surface area contributed by atoms with Crippen LogP contribution in [0.1, 0.15) is 90.4 Å². The third kappa shape index (κ3) is 7.91. The lowest BCUT2D eigenvalue weighted by Gasteiger charge is -2.04. The molecule has 1 fully saturated rings. The smallest absolute Gasteiger partial charge is 0.220 e. The summed E-state index contributed by atoms with van der Waals surface area (Å²) < 4.78 is 4.72. The summed E-state index contributed by atoms with van der Waals surface area (Å²) in [4.78, 5) is 0. The molecule has 0 aliphatic carbocycles. The van der Waals surface area contributed by atoms with E-state index in [0.29, 0.717) is 6.42 Å². The predicted molar refractivity (Wildman–Crippen MR) is 77.7 cm³/mol. The van der Waals surface area contributed by atoms with E-state index in [9.17, 15) is 5.11 Å². The maximum Gasteiger partial charge on any atom is 0.220 e. The molecule has 0 amide bonds. The first-order valence-corrected chi connectivity index (χ1v) is 8.27. The maximum absolute atomic E-state index is 9.49. The van der Waals surface area contributed by atoms with Crippen molar-refractivity contribution in [2.24, 2.45) is 0 Å². The van der Waals surface area contributed by atoms with Crippen molar-refractivity contribution in [3.63, 3.8) is 0 Å². The minimum absolute atomic E-state index is 0.575. The van der Waals surface area contributed by atoms with Crippen molar-refractivity contribution in [1.82, 2.24) is 0 Å². The predicted octanol–water partition coefficient (Wildman–Crippen LogP) is 4.11. The number of epoxide rings is 1. The van der Waals surface area contributed by atoms with E-state index in [1.54, 1.807) is 0 Å². The first-order chi connectivity index (χ1) is 9.19. The molecule has 2 atom stereocenters. The maximum atomic E-state index is 9.49. The van der Waals surface area contributed by atoms with Gasteiger partial charge in [0.2, 0.25) is 12.1 Å². The van der Waals surface area contributed by atoms with Gasteiger partial charge < -0.3 is 14.9 Å². The molecule has 2 N–H and O–H groups in total. The van der Waals surface area contributed by atoms with Crippen molar-refractivity contribution in [3.05, 3.63) is 0 Å². The van der Waals surface area contributed by atoms with Crippen LogP contribution in [0.4, 0.5) is 0 Å². The van der Waals surface area contributed by atoms with Gasteiger partial charge in [-0.25, -0.2) is 0 Å². The molecule has 0 aromatic carbocycles. The zero-order valence-corrected chi connectivity index (χ0v) is 12.6. The SMILES string of the molecule is CCCCCCCCCCCCCCC1(O)OC1O. The summed E-state index contributed by atoms with van der Waals surface area (Å²) in [6.07, 6.45) is 15.3. The summed E-state index contributed by atoms with van der Waals surface area (Å²) >= 11 is 0. The topological polar surface area (TPSA) is 53.0 Å². The summed E-state index contributed by atoms with van der Waals surface area (Å²) in [7, 11) is 0. The van der Waals surface area contributed by atoms with Crippen molar-refractivity contribution in [3.8, 4) is 0 Å². The molecule has 0 aromatic heterocycles. The minimum atomic E-state index is -1.20. The summed E-state index contributed by atoms with van der Waals surface area (Å²) in [6.45, 7) is 2.26. The zero-order chi connectivity index (χ0) is 14.0. The van der Waals surface area contributed by atoms with Gasteiger partial charge in [0.25, 0.3) is 0 Å². The second-order valence-electron chi connectivity index (χ2n) is 5.95. The van der Waals surface area contributed by atoms with Crippen LogP contribution in [0.2, 0.25) is 0 Å². The number of hydrogen-bond donors (Lipinski definition) is 2. The van der Waals surface area contributed by atoms with Crippen molar-refractivity contribution in [2.45, 2.75) is 102 Å². The molecule has 1 rings (SSSR count). The van der Waals surface area contributed by atoms with Crippen LogP contribution in [0.15, 0.2) is 0 Å². The van der Waals surface area contributed by atoms with Gasteiger partial charge in [-0.2, -0.15) is 0 Å². The van der Waals surface area contributed by atoms with Gasteiger partial charge in [-0.1, -0.05) is 77.6 Å². The Morgan fingerprint density at radius 2 is 1.16 bits per heavy atom. The largest absolute Gasteiger partial charge is 0.364 e. The first-order valence-electron chi connectivity index (χ1n) is 8.27. The summed E-state index contributed by atoms with van der Waals surface area (Å²) in [5.41, 5.74) is 0. The molecule has 3 nitrogen and oxygen atoms in total. The molecule has 3 heteroatoms. The molecule has 1 heterocycles. The molecule has 114 valence electrons. The fraction of sp³-hybridized carbons (Fsp3) is 1.00. The van der Waals surface area contributed by atoms with E-state index in [1.165, 1.54) is 64.2 Å². The Balaban J connectivity index is 1.70. The molecule has 0 saturated carbocycles. The van der Waals surface area contributed by atoms with Crippen LogP contribution in [0.25, 0.3) is 0 Å². The number of aliphatic hydroxyl groups excluding tert-OH is 1. The second kappa shape index (κ2) is 9.73. The summed E-state index contributed by atoms with van der Waals surface area (Å²) in [5.74, 6) is -1.20. The lowest BCUT2D eigenvalue weighted by Crippen LogP contribution is -2.13. The molecule has 0 radical (unpaired) electrons. The second-order valence-corrected chi connectivity index (χ2v) is 5.95. The normalized spacial score (nSPS) is 25.7. The Morgan fingerprint density at radius 3 is 1.53 bits per heavy atom. The van der Waals surface area contributed by atoms with Gasteiger partial charge in [-0.05, 0) is 6.42 Å². The monoisotopic (exact) mass is 272 g/mol. The molecule has 0 spiro atoms. The molecule has 1 aliphatic rings. The minimum Gasteiger partial charge on any atom is -0.364 e. The van der Waals surface area contributed by atoms with Crippen LogP contribution in [-0.4, -0.2) is 22.3 Å². The highest BCUT2D eigenvalue weighted by atomic mass is 16.8. The van der Waals surface area contributed by atoms with Crippen molar-refractivity contribution in [1.29, 1.82) is 0 Å². The molecule has 1 aliphatic heterocycles.